The number of halogens is 1. The van der Waals surface area contributed by atoms with E-state index in [4.69, 9.17) is 0 Å². The fourth-order valence-electron chi connectivity index (χ4n) is 0.754. The highest BCUT2D eigenvalue weighted by atomic mass is 127. The number of pyridine rings is 1. The molecule has 1 aromatic heterocycles. The van der Waals surface area contributed by atoms with E-state index in [0.29, 0.717) is 0 Å². The number of aryl methyl sites for hydroxylation is 1. The lowest BCUT2D eigenvalue weighted by atomic mass is 10.4. The van der Waals surface area contributed by atoms with Crippen LogP contribution in [0.1, 0.15) is 5.69 Å². The van der Waals surface area contributed by atoms with Crippen LogP contribution in [0.4, 0.5) is 5.82 Å². The van der Waals surface area contributed by atoms with E-state index in [2.05, 4.69) is 32.9 Å². The van der Waals surface area contributed by atoms with Crippen LogP contribution in [-0.2, 0) is 0 Å². The van der Waals surface area contributed by atoms with Crippen LogP contribution < -0.4 is 5.32 Å². The van der Waals surface area contributed by atoms with Gasteiger partial charge >= 0.3 is 0 Å². The van der Waals surface area contributed by atoms with Crippen molar-refractivity contribution in [1.29, 1.82) is 0 Å². The van der Waals surface area contributed by atoms with Gasteiger partial charge in [0, 0.05) is 16.3 Å². The predicted molar refractivity (Wildman–Crippen MR) is 51.2 cm³/mol. The Morgan fingerprint density at radius 3 is 2.70 bits per heavy atom. The quantitative estimate of drug-likeness (QED) is 0.769. The van der Waals surface area contributed by atoms with Crippen LogP contribution in [0.25, 0.3) is 0 Å². The molecule has 0 unspecified atom stereocenters. The smallest absolute Gasteiger partial charge is 0.126 e. The standard InChI is InChI=1S/C7H9IN2/c1-5-3-6(8)4-7(9-2)10-5/h3-4H,1-2H3,(H,9,10). The minimum atomic E-state index is 0.935. The zero-order valence-electron chi connectivity index (χ0n) is 5.98. The number of aromatic nitrogens is 1. The van der Waals surface area contributed by atoms with Crippen LogP contribution in [0, 0.1) is 10.5 Å². The second kappa shape index (κ2) is 3.18. The number of hydrogen-bond acceptors (Lipinski definition) is 2. The molecule has 0 bridgehead atoms. The Morgan fingerprint density at radius 2 is 2.20 bits per heavy atom. The van der Waals surface area contributed by atoms with Gasteiger partial charge in [-0.3, -0.25) is 0 Å². The maximum atomic E-state index is 4.24. The SMILES string of the molecule is CNc1cc(I)cc(C)n1. The molecule has 0 amide bonds. The minimum absolute atomic E-state index is 0.935. The number of hydrogen-bond donors (Lipinski definition) is 1. The molecule has 0 aromatic carbocycles. The number of nitrogens with zero attached hydrogens (tertiary/aromatic N) is 1. The zero-order valence-corrected chi connectivity index (χ0v) is 8.14. The third kappa shape index (κ3) is 1.83. The first kappa shape index (κ1) is 7.78. The Bertz CT molecular complexity index is 215. The summed E-state index contributed by atoms with van der Waals surface area (Å²) in [4.78, 5) is 4.24. The lowest BCUT2D eigenvalue weighted by Crippen LogP contribution is -1.93. The molecular weight excluding hydrogens is 239 g/mol. The van der Waals surface area contributed by atoms with Crippen molar-refractivity contribution in [3.05, 3.63) is 21.4 Å². The molecule has 0 aliphatic heterocycles. The van der Waals surface area contributed by atoms with Gasteiger partial charge in [-0.25, -0.2) is 4.98 Å². The van der Waals surface area contributed by atoms with Gasteiger partial charge in [-0.15, -0.1) is 0 Å². The topological polar surface area (TPSA) is 24.9 Å². The van der Waals surface area contributed by atoms with E-state index in [1.807, 2.05) is 26.1 Å². The molecule has 0 fully saturated rings. The van der Waals surface area contributed by atoms with Crippen molar-refractivity contribution in [3.63, 3.8) is 0 Å². The summed E-state index contributed by atoms with van der Waals surface area (Å²) in [5.41, 5.74) is 1.05. The van der Waals surface area contributed by atoms with Gasteiger partial charge in [0.25, 0.3) is 0 Å². The maximum Gasteiger partial charge on any atom is 0.126 e. The van der Waals surface area contributed by atoms with E-state index in [9.17, 15) is 0 Å². The summed E-state index contributed by atoms with van der Waals surface area (Å²) >= 11 is 2.27. The Kier molecular flexibility index (Phi) is 2.48. The van der Waals surface area contributed by atoms with Gasteiger partial charge in [0.05, 0.1) is 0 Å². The summed E-state index contributed by atoms with van der Waals surface area (Å²) in [5.74, 6) is 0.935. The van der Waals surface area contributed by atoms with Crippen LogP contribution in [0.15, 0.2) is 12.1 Å². The minimum Gasteiger partial charge on any atom is -0.373 e. The number of nitrogens with one attached hydrogen (secondary N) is 1. The molecule has 0 saturated carbocycles. The highest BCUT2D eigenvalue weighted by molar-refractivity contribution is 14.1. The van der Waals surface area contributed by atoms with Crippen LogP contribution in [0.5, 0.6) is 0 Å². The monoisotopic (exact) mass is 248 g/mol. The van der Waals surface area contributed by atoms with Gasteiger partial charge in [-0.05, 0) is 41.6 Å². The summed E-state index contributed by atoms with van der Waals surface area (Å²) in [6.07, 6.45) is 0. The predicted octanol–water partition coefficient (Wildman–Crippen LogP) is 2.04. The molecule has 0 spiro atoms. The average Bonchev–Trinajstić information content (AvgIpc) is 1.85. The molecule has 10 heavy (non-hydrogen) atoms. The normalized spacial score (nSPS) is 9.50. The number of rotatable bonds is 1. The second-order valence-electron chi connectivity index (χ2n) is 2.06. The third-order valence-corrected chi connectivity index (χ3v) is 1.80. The summed E-state index contributed by atoms with van der Waals surface area (Å²) in [6.45, 7) is 1.99. The van der Waals surface area contributed by atoms with E-state index in [-0.39, 0.29) is 0 Å². The van der Waals surface area contributed by atoms with E-state index < -0.39 is 0 Å². The Hall–Kier alpha value is -0.320. The van der Waals surface area contributed by atoms with E-state index in [0.717, 1.165) is 11.5 Å². The Labute approximate surface area is 74.2 Å². The summed E-state index contributed by atoms with van der Waals surface area (Å²) in [7, 11) is 1.87. The molecule has 2 nitrogen and oxygen atoms in total. The van der Waals surface area contributed by atoms with Gasteiger partial charge in [-0.2, -0.15) is 0 Å². The molecule has 1 N–H and O–H groups in total. The van der Waals surface area contributed by atoms with Crippen molar-refractivity contribution in [3.8, 4) is 0 Å². The second-order valence-corrected chi connectivity index (χ2v) is 3.31. The van der Waals surface area contributed by atoms with Crippen LogP contribution in [0.2, 0.25) is 0 Å². The first-order valence-electron chi connectivity index (χ1n) is 3.04. The maximum absolute atomic E-state index is 4.24. The summed E-state index contributed by atoms with van der Waals surface area (Å²) in [5, 5.41) is 2.99. The van der Waals surface area contributed by atoms with Crippen LogP contribution in [0.3, 0.4) is 0 Å². The van der Waals surface area contributed by atoms with Crippen molar-refractivity contribution in [2.45, 2.75) is 6.92 Å². The lowest BCUT2D eigenvalue weighted by Gasteiger charge is -2.00. The highest BCUT2D eigenvalue weighted by Gasteiger charge is 1.93. The van der Waals surface area contributed by atoms with E-state index in [1.165, 1.54) is 3.57 Å². The van der Waals surface area contributed by atoms with Gasteiger partial charge < -0.3 is 5.32 Å². The first-order chi connectivity index (χ1) is 4.72. The molecule has 0 radical (unpaired) electrons. The Morgan fingerprint density at radius 1 is 1.50 bits per heavy atom. The molecule has 1 aromatic rings. The zero-order chi connectivity index (χ0) is 7.56. The molecule has 54 valence electrons. The van der Waals surface area contributed by atoms with E-state index in [1.54, 1.807) is 0 Å². The molecule has 0 atom stereocenters. The molecular formula is C7H9IN2. The van der Waals surface area contributed by atoms with Crippen molar-refractivity contribution in [1.82, 2.24) is 4.98 Å². The van der Waals surface area contributed by atoms with Gasteiger partial charge in [0.2, 0.25) is 0 Å². The largest absolute Gasteiger partial charge is 0.373 e. The van der Waals surface area contributed by atoms with Crippen molar-refractivity contribution >= 4 is 28.4 Å². The summed E-state index contributed by atoms with van der Waals surface area (Å²) < 4.78 is 1.22. The molecule has 0 aliphatic carbocycles. The molecule has 0 aliphatic rings. The van der Waals surface area contributed by atoms with Gasteiger partial charge in [-0.1, -0.05) is 0 Å². The fourth-order valence-corrected chi connectivity index (χ4v) is 1.50. The van der Waals surface area contributed by atoms with Crippen molar-refractivity contribution in [2.75, 3.05) is 12.4 Å². The number of anilines is 1. The molecule has 1 rings (SSSR count). The first-order valence-corrected chi connectivity index (χ1v) is 4.12. The molecule has 0 saturated heterocycles. The molecule has 1 heterocycles. The van der Waals surface area contributed by atoms with Gasteiger partial charge in [0.1, 0.15) is 5.82 Å². The third-order valence-electron chi connectivity index (χ3n) is 1.17. The Balaban J connectivity index is 3.06. The summed E-state index contributed by atoms with van der Waals surface area (Å²) in [6, 6.07) is 4.05. The fraction of sp³-hybridized carbons (Fsp3) is 0.286. The van der Waals surface area contributed by atoms with Gasteiger partial charge in [0.15, 0.2) is 0 Å². The van der Waals surface area contributed by atoms with Crippen LogP contribution >= 0.6 is 22.6 Å². The van der Waals surface area contributed by atoms with E-state index >= 15 is 0 Å². The highest BCUT2D eigenvalue weighted by Crippen LogP contribution is 2.10. The van der Waals surface area contributed by atoms with Crippen molar-refractivity contribution in [2.24, 2.45) is 0 Å². The van der Waals surface area contributed by atoms with Crippen molar-refractivity contribution < 1.29 is 0 Å². The average molecular weight is 248 g/mol. The van der Waals surface area contributed by atoms with Crippen LogP contribution in [-0.4, -0.2) is 12.0 Å². The molecule has 3 heteroatoms. The lowest BCUT2D eigenvalue weighted by molar-refractivity contribution is 1.18.